The molecule has 5 nitrogen and oxygen atoms in total. The van der Waals surface area contributed by atoms with Crippen LogP contribution in [0.1, 0.15) is 61.2 Å². The van der Waals surface area contributed by atoms with Crippen molar-refractivity contribution < 1.29 is 23.9 Å². The van der Waals surface area contributed by atoms with Crippen LogP contribution in [0.4, 0.5) is 0 Å². The summed E-state index contributed by atoms with van der Waals surface area (Å²) >= 11 is 0. The van der Waals surface area contributed by atoms with Crippen LogP contribution in [-0.4, -0.2) is 31.9 Å². The number of rotatable bonds is 5. The summed E-state index contributed by atoms with van der Waals surface area (Å²) in [5, 5.41) is 0. The van der Waals surface area contributed by atoms with Crippen molar-refractivity contribution in [3.8, 4) is 0 Å². The molecule has 4 atom stereocenters. The molecule has 3 aliphatic rings. The summed E-state index contributed by atoms with van der Waals surface area (Å²) in [5.41, 5.74) is 5.20. The molecule has 3 aliphatic carbocycles. The molecule has 5 heteroatoms. The molecule has 0 fully saturated rings. The number of hydrogen-bond acceptors (Lipinski definition) is 5. The Labute approximate surface area is 192 Å². The highest BCUT2D eigenvalue weighted by atomic mass is 16.5. The number of esters is 2. The van der Waals surface area contributed by atoms with E-state index in [9.17, 15) is 14.4 Å². The molecule has 0 N–H and O–H groups in total. The molecule has 6 rings (SSSR count). The Morgan fingerprint density at radius 3 is 2.15 bits per heavy atom. The molecule has 0 saturated carbocycles. The van der Waals surface area contributed by atoms with Crippen molar-refractivity contribution in [2.45, 2.75) is 18.3 Å². The van der Waals surface area contributed by atoms with Crippen LogP contribution >= 0.6 is 0 Å². The minimum Gasteiger partial charge on any atom is -0.468 e. The molecular weight excluding hydrogens is 416 g/mol. The number of methoxy groups -OCH3 is 2. The molecule has 0 heterocycles. The monoisotopic (exact) mass is 440 g/mol. The topological polar surface area (TPSA) is 69.7 Å². The quantitative estimate of drug-likeness (QED) is 0.326. The van der Waals surface area contributed by atoms with Gasteiger partial charge in [0.05, 0.1) is 19.8 Å². The number of hydrogen-bond donors (Lipinski definition) is 0. The van der Waals surface area contributed by atoms with Crippen molar-refractivity contribution in [1.29, 1.82) is 0 Å². The predicted molar refractivity (Wildman–Crippen MR) is 122 cm³/mol. The van der Waals surface area contributed by atoms with E-state index in [-0.39, 0.29) is 29.5 Å². The van der Waals surface area contributed by atoms with Crippen LogP contribution in [0.3, 0.4) is 0 Å². The second-order valence-corrected chi connectivity index (χ2v) is 8.59. The van der Waals surface area contributed by atoms with Gasteiger partial charge in [-0.05, 0) is 40.7 Å². The largest absolute Gasteiger partial charge is 0.468 e. The fraction of sp³-hybridized carbons (Fsp3) is 0.250. The van der Waals surface area contributed by atoms with Crippen molar-refractivity contribution in [3.63, 3.8) is 0 Å². The van der Waals surface area contributed by atoms with E-state index in [4.69, 9.17) is 9.47 Å². The average molecular weight is 440 g/mol. The second-order valence-electron chi connectivity index (χ2n) is 8.59. The molecule has 0 aliphatic heterocycles. The maximum atomic E-state index is 13.6. The molecule has 0 radical (unpaired) electrons. The van der Waals surface area contributed by atoms with Crippen molar-refractivity contribution in [2.24, 2.45) is 11.8 Å². The van der Waals surface area contributed by atoms with Crippen molar-refractivity contribution in [1.82, 2.24) is 0 Å². The number of Topliss-reactive ketones (excluding diaryl/α,β-unsaturated/α-hetero) is 1. The lowest BCUT2D eigenvalue weighted by Crippen LogP contribution is -2.43. The molecular formula is C28H24O5. The van der Waals surface area contributed by atoms with E-state index in [0.29, 0.717) is 17.5 Å². The summed E-state index contributed by atoms with van der Waals surface area (Å²) in [5.74, 6) is -2.68. The highest BCUT2D eigenvalue weighted by Crippen LogP contribution is 2.58. The lowest BCUT2D eigenvalue weighted by Gasteiger charge is -2.47. The maximum Gasteiger partial charge on any atom is 0.338 e. The minimum atomic E-state index is -0.937. The Morgan fingerprint density at radius 1 is 0.788 bits per heavy atom. The van der Waals surface area contributed by atoms with Crippen molar-refractivity contribution >= 4 is 17.7 Å². The third-order valence-electron chi connectivity index (χ3n) is 7.10. The third-order valence-corrected chi connectivity index (χ3v) is 7.10. The minimum absolute atomic E-state index is 0.114. The van der Waals surface area contributed by atoms with E-state index in [0.717, 1.165) is 22.3 Å². The van der Waals surface area contributed by atoms with E-state index in [1.165, 1.54) is 14.2 Å². The SMILES string of the molecule is COC(=O)c1cccc2c1[C@H]1C[C@H]([C@H](C(=O)OC)C(=O)c3ccccc3)[C@@H]2c2ccccc21. The molecule has 33 heavy (non-hydrogen) atoms. The summed E-state index contributed by atoms with van der Waals surface area (Å²) in [6, 6.07) is 22.6. The molecule has 0 amide bonds. The summed E-state index contributed by atoms with van der Waals surface area (Å²) in [6.07, 6.45) is 0.570. The van der Waals surface area contributed by atoms with Crippen molar-refractivity contribution in [2.75, 3.05) is 14.2 Å². The van der Waals surface area contributed by atoms with Gasteiger partial charge >= 0.3 is 11.9 Å². The van der Waals surface area contributed by atoms with Gasteiger partial charge in [-0.2, -0.15) is 0 Å². The van der Waals surface area contributed by atoms with Gasteiger partial charge in [0.25, 0.3) is 0 Å². The second kappa shape index (κ2) is 8.32. The fourth-order valence-electron chi connectivity index (χ4n) is 5.79. The molecule has 166 valence electrons. The summed E-state index contributed by atoms with van der Waals surface area (Å²) < 4.78 is 10.2. The first kappa shape index (κ1) is 21.1. The standard InChI is InChI=1S/C28H24O5/c1-32-27(30)20-14-8-13-19-23-18-12-7-6-11-17(18)21(24(19)20)15-22(23)25(28(31)33-2)26(29)16-9-4-3-5-10-16/h3-14,21-23,25H,15H2,1-2H3/t21-,22-,23+,25-/m0/s1. The first-order chi connectivity index (χ1) is 16.1. The zero-order chi connectivity index (χ0) is 23.1. The Balaban J connectivity index is 1.69. The van der Waals surface area contributed by atoms with Gasteiger partial charge in [0.1, 0.15) is 5.92 Å². The number of fused-ring (bicyclic) bond motifs is 1. The summed E-state index contributed by atoms with van der Waals surface area (Å²) in [6.45, 7) is 0. The summed E-state index contributed by atoms with van der Waals surface area (Å²) in [4.78, 5) is 39.2. The van der Waals surface area contributed by atoms with E-state index < -0.39 is 11.9 Å². The Bertz CT molecular complexity index is 1250. The number of ether oxygens (including phenoxy) is 2. The number of carbonyl (C=O) groups excluding carboxylic acids is 3. The molecule has 3 aromatic rings. The van der Waals surface area contributed by atoms with Crippen LogP contribution in [0.5, 0.6) is 0 Å². The highest BCUT2D eigenvalue weighted by Gasteiger charge is 2.51. The van der Waals surface area contributed by atoms with Gasteiger partial charge in [0.2, 0.25) is 0 Å². The first-order valence-corrected chi connectivity index (χ1v) is 11.0. The van der Waals surface area contributed by atoms with E-state index >= 15 is 0 Å². The van der Waals surface area contributed by atoms with Crippen LogP contribution in [0, 0.1) is 11.8 Å². The lowest BCUT2D eigenvalue weighted by atomic mass is 9.55. The molecule has 0 spiro atoms. The Morgan fingerprint density at radius 2 is 1.45 bits per heavy atom. The molecule has 0 unspecified atom stereocenters. The van der Waals surface area contributed by atoms with Crippen LogP contribution in [-0.2, 0) is 14.3 Å². The van der Waals surface area contributed by atoms with Gasteiger partial charge in [0, 0.05) is 17.4 Å². The lowest BCUT2D eigenvalue weighted by molar-refractivity contribution is -0.145. The zero-order valence-electron chi connectivity index (χ0n) is 18.5. The zero-order valence-corrected chi connectivity index (χ0v) is 18.5. The number of carbonyl (C=O) groups is 3. The van der Waals surface area contributed by atoms with Crippen LogP contribution in [0.25, 0.3) is 0 Å². The average Bonchev–Trinajstić information content (AvgIpc) is 2.88. The smallest absolute Gasteiger partial charge is 0.338 e. The third kappa shape index (κ3) is 3.27. The highest BCUT2D eigenvalue weighted by molar-refractivity contribution is 6.09. The van der Waals surface area contributed by atoms with Gasteiger partial charge < -0.3 is 9.47 Å². The molecule has 0 aromatic heterocycles. The first-order valence-electron chi connectivity index (χ1n) is 11.0. The van der Waals surface area contributed by atoms with Gasteiger partial charge in [-0.15, -0.1) is 0 Å². The van der Waals surface area contributed by atoms with Crippen LogP contribution < -0.4 is 0 Å². The molecule has 2 bridgehead atoms. The van der Waals surface area contributed by atoms with E-state index in [2.05, 4.69) is 12.1 Å². The van der Waals surface area contributed by atoms with Crippen LogP contribution in [0.15, 0.2) is 72.8 Å². The number of ketones is 1. The van der Waals surface area contributed by atoms with Crippen molar-refractivity contribution in [3.05, 3.63) is 106 Å². The predicted octanol–water partition coefficient (Wildman–Crippen LogP) is 4.74. The summed E-state index contributed by atoms with van der Waals surface area (Å²) in [7, 11) is 2.71. The normalized spacial score (nSPS) is 20.8. The fourth-order valence-corrected chi connectivity index (χ4v) is 5.79. The maximum absolute atomic E-state index is 13.6. The van der Waals surface area contributed by atoms with Gasteiger partial charge in [-0.25, -0.2) is 4.79 Å². The molecule has 3 aromatic carbocycles. The van der Waals surface area contributed by atoms with Gasteiger partial charge in [-0.3, -0.25) is 9.59 Å². The van der Waals surface area contributed by atoms with E-state index in [1.54, 1.807) is 30.3 Å². The van der Waals surface area contributed by atoms with Crippen LogP contribution in [0.2, 0.25) is 0 Å². The van der Waals surface area contributed by atoms with Gasteiger partial charge in [-0.1, -0.05) is 66.7 Å². The van der Waals surface area contributed by atoms with E-state index in [1.807, 2.05) is 30.3 Å². The van der Waals surface area contributed by atoms with Gasteiger partial charge in [0.15, 0.2) is 5.78 Å². The molecule has 0 saturated heterocycles. The Kier molecular flexibility index (Phi) is 5.33. The number of benzene rings is 3. The Hall–Kier alpha value is -3.73.